The van der Waals surface area contributed by atoms with Crippen LogP contribution in [0.15, 0.2) is 0 Å². The first-order valence-electron chi connectivity index (χ1n) is 10.2. The van der Waals surface area contributed by atoms with Crippen LogP contribution in [0.4, 0.5) is 25.2 Å². The van der Waals surface area contributed by atoms with Gasteiger partial charge in [-0.3, -0.25) is 14.7 Å². The maximum atomic E-state index is 9.87. The molecule has 4 aliphatic rings. The van der Waals surface area contributed by atoms with Crippen LogP contribution >= 0.6 is 17.2 Å². The van der Waals surface area contributed by atoms with Crippen molar-refractivity contribution in [2.24, 2.45) is 0 Å². The summed E-state index contributed by atoms with van der Waals surface area (Å²) in [6, 6.07) is 0.744. The first-order chi connectivity index (χ1) is 12.8. The van der Waals surface area contributed by atoms with Gasteiger partial charge in [0.25, 0.3) is 0 Å². The maximum absolute atomic E-state index is 10.7. The zero-order valence-corrected chi connectivity index (χ0v) is 18.5. The smallest absolute Gasteiger partial charge is 0.177 e. The minimum atomic E-state index is -10.7. The van der Waals surface area contributed by atoms with Crippen LogP contribution in [0.3, 0.4) is 0 Å². The van der Waals surface area contributed by atoms with E-state index in [1.807, 2.05) is 0 Å². The van der Waals surface area contributed by atoms with Crippen LogP contribution in [-0.2, 0) is 0 Å². The summed E-state index contributed by atoms with van der Waals surface area (Å²) >= 11 is 0. The number of hydrogen-bond donors (Lipinski definition) is 0. The van der Waals surface area contributed by atoms with Crippen molar-refractivity contribution in [1.29, 1.82) is 0 Å². The molecule has 28 heavy (non-hydrogen) atoms. The van der Waals surface area contributed by atoms with E-state index < -0.39 is 7.81 Å². The first kappa shape index (κ1) is 23.0. The Bertz CT molecular complexity index is 515. The molecule has 0 bridgehead atoms. The molecule has 0 saturated carbocycles. The standard InChI is InChI=1S/C16H31N4P.F6P/c21-20-14-7-15(17-8-1-2-9-17)16(20,18-10-3-4-11-18)19-12-5-6-13-19;1-7(2,3,4,5)6/h15H,1-14,21H2;/q;-1/p+1. The summed E-state index contributed by atoms with van der Waals surface area (Å²) in [5.41, 5.74) is 0. The van der Waals surface area contributed by atoms with Crippen molar-refractivity contribution < 1.29 is 25.2 Å². The number of hydrogen-bond acceptors (Lipinski definition) is 4. The molecule has 4 heterocycles. The van der Waals surface area contributed by atoms with Gasteiger partial charge in [-0.05, 0) is 58.0 Å². The van der Waals surface area contributed by atoms with Crippen molar-refractivity contribution in [2.45, 2.75) is 56.8 Å². The summed E-state index contributed by atoms with van der Waals surface area (Å²) in [5, 5.41) is 0. The summed E-state index contributed by atoms with van der Waals surface area (Å²) in [4.78, 5) is 8.56. The van der Waals surface area contributed by atoms with Crippen LogP contribution < -0.4 is 0 Å². The van der Waals surface area contributed by atoms with Gasteiger partial charge in [0.2, 0.25) is 0 Å². The van der Waals surface area contributed by atoms with E-state index in [-0.39, 0.29) is 5.79 Å². The number of halogens is 6. The Morgan fingerprint density at radius 1 is 0.643 bits per heavy atom. The van der Waals surface area contributed by atoms with E-state index >= 15 is 0 Å². The van der Waals surface area contributed by atoms with Gasteiger partial charge in [0.15, 0.2) is 5.79 Å². The van der Waals surface area contributed by atoms with Gasteiger partial charge >= 0.3 is 33.0 Å². The second-order valence-electron chi connectivity index (χ2n) is 8.34. The number of nitrogens with zero attached hydrogens (tertiary/aromatic N) is 4. The fourth-order valence-corrected chi connectivity index (χ4v) is 6.24. The zero-order chi connectivity index (χ0) is 20.7. The zero-order valence-electron chi connectivity index (χ0n) is 16.2. The average Bonchev–Trinajstić information content (AvgIpc) is 3.32. The number of rotatable bonds is 3. The van der Waals surface area contributed by atoms with Crippen LogP contribution in [0.2, 0.25) is 0 Å². The molecule has 0 aromatic carbocycles. The van der Waals surface area contributed by atoms with E-state index in [1.54, 1.807) is 0 Å². The van der Waals surface area contributed by atoms with Gasteiger partial charge in [-0.15, -0.1) is 0 Å². The van der Waals surface area contributed by atoms with Crippen molar-refractivity contribution >= 4 is 17.2 Å². The van der Waals surface area contributed by atoms with Gasteiger partial charge in [-0.25, -0.2) is 0 Å². The predicted molar refractivity (Wildman–Crippen MR) is 105 cm³/mol. The molecule has 4 rings (SSSR count). The molecule has 4 nitrogen and oxygen atoms in total. The van der Waals surface area contributed by atoms with Gasteiger partial charge in [-0.1, -0.05) is 0 Å². The molecule has 168 valence electrons. The third-order valence-electron chi connectivity index (χ3n) is 6.31. The summed E-state index contributed by atoms with van der Waals surface area (Å²) in [6.45, 7) is 9.22. The van der Waals surface area contributed by atoms with Gasteiger partial charge in [0.05, 0.1) is 6.04 Å². The number of likely N-dealkylation sites (tertiary alicyclic amines) is 3. The molecule has 0 aliphatic carbocycles. The second kappa shape index (κ2) is 7.45. The largest absolute Gasteiger partial charge is 0.296 e. The molecule has 12 heteroatoms. The summed E-state index contributed by atoms with van der Waals surface area (Å²) in [7, 11) is -8.50. The van der Waals surface area contributed by atoms with Gasteiger partial charge in [-0.2, -0.15) is 4.67 Å². The van der Waals surface area contributed by atoms with E-state index in [4.69, 9.17) is 0 Å². The Hall–Kier alpha value is 0.280. The van der Waals surface area contributed by atoms with E-state index in [0.717, 1.165) is 6.04 Å². The summed E-state index contributed by atoms with van der Waals surface area (Å²) in [5.74, 6) is 0.232. The Balaban J connectivity index is 0.000000279. The van der Waals surface area contributed by atoms with Crippen LogP contribution in [0.1, 0.15) is 44.9 Å². The fraction of sp³-hybridized carbons (Fsp3) is 1.00. The molecule has 0 aromatic heterocycles. The van der Waals surface area contributed by atoms with E-state index in [1.165, 1.54) is 90.8 Å². The third kappa shape index (κ3) is 5.70. The molecule has 2 unspecified atom stereocenters. The summed E-state index contributed by atoms with van der Waals surface area (Å²) in [6.07, 6.45) is 9.81. The fourth-order valence-electron chi connectivity index (χ4n) is 5.44. The van der Waals surface area contributed by atoms with E-state index in [9.17, 15) is 25.2 Å². The Morgan fingerprint density at radius 3 is 1.39 bits per heavy atom. The van der Waals surface area contributed by atoms with Crippen LogP contribution in [0, 0.1) is 0 Å². The topological polar surface area (TPSA) is 13.0 Å². The minimum Gasteiger partial charge on any atom is -0.296 e. The first-order valence-corrected chi connectivity index (χ1v) is 12.8. The molecule has 4 fully saturated rings. The molecule has 0 radical (unpaired) electrons. The van der Waals surface area contributed by atoms with Gasteiger partial charge in [0, 0.05) is 42.1 Å². The predicted octanol–water partition coefficient (Wildman–Crippen LogP) is 4.91. The minimum absolute atomic E-state index is 0.232. The Labute approximate surface area is 165 Å². The molecule has 2 atom stereocenters. The quantitative estimate of drug-likeness (QED) is 0.442. The van der Waals surface area contributed by atoms with Crippen LogP contribution in [-0.4, -0.2) is 77.0 Å². The van der Waals surface area contributed by atoms with Crippen molar-refractivity contribution in [3.05, 3.63) is 0 Å². The summed E-state index contributed by atoms with van der Waals surface area (Å²) < 4.78 is 61.9. The third-order valence-corrected chi connectivity index (χ3v) is 7.09. The van der Waals surface area contributed by atoms with Crippen LogP contribution in [0.25, 0.3) is 0 Å². The molecular formula is C16H32F6N4P2. The average molecular weight is 456 g/mol. The van der Waals surface area contributed by atoms with Crippen molar-refractivity contribution in [3.63, 3.8) is 0 Å². The molecule has 0 spiro atoms. The molecule has 4 aliphatic heterocycles. The molecule has 0 aromatic rings. The van der Waals surface area contributed by atoms with Gasteiger partial charge < -0.3 is 0 Å². The van der Waals surface area contributed by atoms with Crippen molar-refractivity contribution in [1.82, 2.24) is 19.4 Å². The monoisotopic (exact) mass is 456 g/mol. The normalized spacial score (nSPS) is 33.0. The SMILES string of the molecule is F[P-](F)(F)(F)(F)F.[PH3+]N1CCC(N2CCCC2)C1(N1CCCC1)N1CCCC1. The molecule has 0 amide bonds. The maximum Gasteiger partial charge on any atom is 0.177 e. The Kier molecular flexibility index (Phi) is 6.11. The van der Waals surface area contributed by atoms with Crippen molar-refractivity contribution in [2.75, 3.05) is 45.8 Å². The van der Waals surface area contributed by atoms with Gasteiger partial charge in [0.1, 0.15) is 0 Å². The van der Waals surface area contributed by atoms with Crippen molar-refractivity contribution in [3.8, 4) is 0 Å². The Morgan fingerprint density at radius 2 is 1.00 bits per heavy atom. The molecular weight excluding hydrogens is 424 g/mol. The second-order valence-corrected chi connectivity index (χ2v) is 11.0. The van der Waals surface area contributed by atoms with E-state index in [2.05, 4.69) is 28.8 Å². The van der Waals surface area contributed by atoms with Crippen LogP contribution in [0.5, 0.6) is 0 Å². The molecule has 4 saturated heterocycles. The molecule has 0 N–H and O–H groups in total. The van der Waals surface area contributed by atoms with E-state index in [0.29, 0.717) is 0 Å².